The molecule has 3 rings (SSSR count). The number of rotatable bonds is 5. The lowest BCUT2D eigenvalue weighted by atomic mass is 9.69. The summed E-state index contributed by atoms with van der Waals surface area (Å²) in [6.07, 6.45) is 9.63. The maximum Gasteiger partial charge on any atom is 0.122 e. The molecule has 2 heterocycles. The molecule has 1 aliphatic heterocycles. The Morgan fingerprint density at radius 1 is 1.43 bits per heavy atom. The topological polar surface area (TPSA) is 33.1 Å². The largest absolute Gasteiger partial charge is 0.333 e. The molecule has 2 aliphatic rings. The van der Waals surface area contributed by atoms with E-state index >= 15 is 0 Å². The third-order valence-corrected chi connectivity index (χ3v) is 5.32. The van der Waals surface area contributed by atoms with Gasteiger partial charge in [0.2, 0.25) is 0 Å². The van der Waals surface area contributed by atoms with Gasteiger partial charge in [-0.15, -0.1) is 0 Å². The van der Waals surface area contributed by atoms with Gasteiger partial charge in [-0.05, 0) is 30.7 Å². The van der Waals surface area contributed by atoms with E-state index in [0.717, 1.165) is 25.6 Å². The molecule has 1 fully saturated rings. The van der Waals surface area contributed by atoms with Crippen LogP contribution in [0.4, 0.5) is 0 Å². The van der Waals surface area contributed by atoms with Gasteiger partial charge in [0, 0.05) is 38.6 Å². The molecule has 0 aromatic carbocycles. The smallest absolute Gasteiger partial charge is 0.122 e. The molecule has 1 aromatic rings. The molecule has 4 heteroatoms. The highest BCUT2D eigenvalue weighted by atomic mass is 15.2. The fourth-order valence-electron chi connectivity index (χ4n) is 4.35. The van der Waals surface area contributed by atoms with Gasteiger partial charge in [-0.25, -0.2) is 4.98 Å². The van der Waals surface area contributed by atoms with Gasteiger partial charge in [0.25, 0.3) is 0 Å². The molecule has 0 amide bonds. The van der Waals surface area contributed by atoms with Crippen molar-refractivity contribution in [3.63, 3.8) is 0 Å². The standard InChI is InChI=1S/C17H30N4/c1-3-18-13-17(6-4-5-15(2)11-17)14-20-9-10-21-8-7-19-16(21)12-20/h7-8,15,18H,3-6,9-14H2,1-2H3. The normalized spacial score (nSPS) is 30.3. The van der Waals surface area contributed by atoms with Crippen LogP contribution in [0.3, 0.4) is 0 Å². The van der Waals surface area contributed by atoms with Crippen molar-refractivity contribution < 1.29 is 0 Å². The second kappa shape index (κ2) is 6.49. The van der Waals surface area contributed by atoms with Gasteiger partial charge < -0.3 is 9.88 Å². The van der Waals surface area contributed by atoms with Gasteiger partial charge in [0.1, 0.15) is 5.82 Å². The molecule has 4 nitrogen and oxygen atoms in total. The zero-order valence-electron chi connectivity index (χ0n) is 13.6. The molecule has 118 valence electrons. The Morgan fingerprint density at radius 3 is 3.14 bits per heavy atom. The zero-order chi connectivity index (χ0) is 14.7. The van der Waals surface area contributed by atoms with E-state index in [1.165, 1.54) is 51.1 Å². The molecular formula is C17H30N4. The Bertz CT molecular complexity index is 455. The summed E-state index contributed by atoms with van der Waals surface area (Å²) >= 11 is 0. The Labute approximate surface area is 128 Å². The summed E-state index contributed by atoms with van der Waals surface area (Å²) < 4.78 is 2.30. The number of nitrogens with one attached hydrogen (secondary N) is 1. The molecule has 1 aromatic heterocycles. The summed E-state index contributed by atoms with van der Waals surface area (Å²) in [6.45, 7) is 11.4. The van der Waals surface area contributed by atoms with Crippen LogP contribution >= 0.6 is 0 Å². The monoisotopic (exact) mass is 290 g/mol. The lowest BCUT2D eigenvalue weighted by Gasteiger charge is -2.44. The molecular weight excluding hydrogens is 260 g/mol. The zero-order valence-corrected chi connectivity index (χ0v) is 13.6. The van der Waals surface area contributed by atoms with Gasteiger partial charge in [0.05, 0.1) is 6.54 Å². The average Bonchev–Trinajstić information content (AvgIpc) is 2.93. The third-order valence-electron chi connectivity index (χ3n) is 5.32. The highest BCUT2D eigenvalue weighted by Gasteiger charge is 2.36. The summed E-state index contributed by atoms with van der Waals surface area (Å²) in [5.41, 5.74) is 0.475. The lowest BCUT2D eigenvalue weighted by molar-refractivity contribution is 0.0662. The molecule has 1 N–H and O–H groups in total. The van der Waals surface area contributed by atoms with Crippen molar-refractivity contribution >= 4 is 0 Å². The Morgan fingerprint density at radius 2 is 2.33 bits per heavy atom. The minimum Gasteiger partial charge on any atom is -0.333 e. The van der Waals surface area contributed by atoms with Crippen LogP contribution in [0.2, 0.25) is 0 Å². The van der Waals surface area contributed by atoms with E-state index in [1.807, 2.05) is 6.20 Å². The Balaban J connectivity index is 1.67. The van der Waals surface area contributed by atoms with Crippen LogP contribution in [0.1, 0.15) is 45.4 Å². The summed E-state index contributed by atoms with van der Waals surface area (Å²) in [5, 5.41) is 3.64. The summed E-state index contributed by atoms with van der Waals surface area (Å²) in [7, 11) is 0. The highest BCUT2D eigenvalue weighted by molar-refractivity contribution is 4.98. The number of fused-ring (bicyclic) bond motifs is 1. The van der Waals surface area contributed by atoms with Crippen LogP contribution in [-0.2, 0) is 13.1 Å². The number of hydrogen-bond donors (Lipinski definition) is 1. The van der Waals surface area contributed by atoms with Gasteiger partial charge >= 0.3 is 0 Å². The molecule has 1 aliphatic carbocycles. The third kappa shape index (κ3) is 3.49. The van der Waals surface area contributed by atoms with E-state index in [9.17, 15) is 0 Å². The van der Waals surface area contributed by atoms with E-state index in [4.69, 9.17) is 0 Å². The number of hydrogen-bond acceptors (Lipinski definition) is 3. The first-order valence-corrected chi connectivity index (χ1v) is 8.64. The van der Waals surface area contributed by atoms with Crippen LogP contribution in [-0.4, -0.2) is 40.6 Å². The Hall–Kier alpha value is -0.870. The maximum atomic E-state index is 4.51. The summed E-state index contributed by atoms with van der Waals surface area (Å²) in [5.74, 6) is 2.12. The van der Waals surface area contributed by atoms with Crippen molar-refractivity contribution in [2.45, 2.75) is 52.6 Å². The second-order valence-corrected chi connectivity index (χ2v) is 7.23. The predicted octanol–water partition coefficient (Wildman–Crippen LogP) is 2.50. The second-order valence-electron chi connectivity index (χ2n) is 7.23. The number of aromatic nitrogens is 2. The predicted molar refractivity (Wildman–Crippen MR) is 86.1 cm³/mol. The van der Waals surface area contributed by atoms with E-state index < -0.39 is 0 Å². The van der Waals surface area contributed by atoms with Crippen LogP contribution in [0, 0.1) is 11.3 Å². The van der Waals surface area contributed by atoms with E-state index in [0.29, 0.717) is 5.41 Å². The average molecular weight is 290 g/mol. The van der Waals surface area contributed by atoms with Gasteiger partial charge in [-0.2, -0.15) is 0 Å². The van der Waals surface area contributed by atoms with Gasteiger partial charge in [0.15, 0.2) is 0 Å². The van der Waals surface area contributed by atoms with Crippen molar-refractivity contribution in [2.75, 3.05) is 26.2 Å². The summed E-state index contributed by atoms with van der Waals surface area (Å²) in [6, 6.07) is 0. The van der Waals surface area contributed by atoms with Gasteiger partial charge in [-0.3, -0.25) is 4.90 Å². The fraction of sp³-hybridized carbons (Fsp3) is 0.824. The molecule has 21 heavy (non-hydrogen) atoms. The van der Waals surface area contributed by atoms with Crippen molar-refractivity contribution in [1.29, 1.82) is 0 Å². The summed E-state index contributed by atoms with van der Waals surface area (Å²) in [4.78, 5) is 7.14. The number of imidazole rings is 1. The molecule has 0 saturated heterocycles. The van der Waals surface area contributed by atoms with E-state index in [-0.39, 0.29) is 0 Å². The highest BCUT2D eigenvalue weighted by Crippen LogP contribution is 2.40. The molecule has 2 unspecified atom stereocenters. The first-order chi connectivity index (χ1) is 10.2. The van der Waals surface area contributed by atoms with Crippen molar-refractivity contribution in [1.82, 2.24) is 19.8 Å². The van der Waals surface area contributed by atoms with Crippen LogP contribution in [0.15, 0.2) is 12.4 Å². The molecule has 1 saturated carbocycles. The van der Waals surface area contributed by atoms with Crippen molar-refractivity contribution in [2.24, 2.45) is 11.3 Å². The maximum absolute atomic E-state index is 4.51. The molecule has 0 spiro atoms. The SMILES string of the molecule is CCNCC1(CN2CCn3ccnc3C2)CCCC(C)C1. The van der Waals surface area contributed by atoms with Crippen LogP contribution in [0.25, 0.3) is 0 Å². The lowest BCUT2D eigenvalue weighted by Crippen LogP contribution is -2.48. The van der Waals surface area contributed by atoms with Crippen molar-refractivity contribution in [3.8, 4) is 0 Å². The fourth-order valence-corrected chi connectivity index (χ4v) is 4.35. The minimum atomic E-state index is 0.475. The first-order valence-electron chi connectivity index (χ1n) is 8.64. The van der Waals surface area contributed by atoms with Crippen molar-refractivity contribution in [3.05, 3.63) is 18.2 Å². The molecule has 0 bridgehead atoms. The first kappa shape index (κ1) is 15.0. The van der Waals surface area contributed by atoms with Crippen LogP contribution < -0.4 is 5.32 Å². The molecule has 0 radical (unpaired) electrons. The quantitative estimate of drug-likeness (QED) is 0.904. The number of nitrogens with zero attached hydrogens (tertiary/aromatic N) is 3. The molecule has 2 atom stereocenters. The van der Waals surface area contributed by atoms with Crippen LogP contribution in [0.5, 0.6) is 0 Å². The van der Waals surface area contributed by atoms with E-state index in [2.05, 4.69) is 39.8 Å². The minimum absolute atomic E-state index is 0.475. The van der Waals surface area contributed by atoms with E-state index in [1.54, 1.807) is 0 Å². The van der Waals surface area contributed by atoms with Gasteiger partial charge in [-0.1, -0.05) is 26.7 Å². The Kier molecular flexibility index (Phi) is 4.65.